The van der Waals surface area contributed by atoms with Gasteiger partial charge in [-0.2, -0.15) is 0 Å². The summed E-state index contributed by atoms with van der Waals surface area (Å²) in [5.74, 6) is 0. The zero-order valence-electron chi connectivity index (χ0n) is 15.3. The molecule has 4 aromatic rings. The molecule has 0 aromatic heterocycles. The van der Waals surface area contributed by atoms with Gasteiger partial charge in [0.15, 0.2) is 0 Å². The van der Waals surface area contributed by atoms with E-state index in [-0.39, 0.29) is 0 Å². The Bertz CT molecular complexity index is 991. The highest BCUT2D eigenvalue weighted by Gasteiger charge is 2.02. The minimum Gasteiger partial charge on any atom is -0.381 e. The Balaban J connectivity index is 1.50. The van der Waals surface area contributed by atoms with Crippen molar-refractivity contribution in [1.82, 2.24) is 0 Å². The summed E-state index contributed by atoms with van der Waals surface area (Å²) >= 11 is 0. The molecule has 0 aliphatic carbocycles. The number of nitrogens with one attached hydrogen (secondary N) is 1. The molecular formula is C26H23N. The molecule has 0 saturated heterocycles. The Morgan fingerprint density at radius 1 is 0.481 bits per heavy atom. The fraction of sp³-hybridized carbons (Fsp3) is 0.0769. The maximum atomic E-state index is 3.48. The number of hydrogen-bond donors (Lipinski definition) is 1. The third kappa shape index (κ3) is 4.65. The van der Waals surface area contributed by atoms with Gasteiger partial charge in [0.2, 0.25) is 0 Å². The van der Waals surface area contributed by atoms with E-state index in [1.54, 1.807) is 0 Å². The van der Waals surface area contributed by atoms with Crippen LogP contribution in [-0.4, -0.2) is 0 Å². The molecule has 0 unspecified atom stereocenters. The van der Waals surface area contributed by atoms with Crippen molar-refractivity contribution < 1.29 is 0 Å². The van der Waals surface area contributed by atoms with Crippen LogP contribution in [0.4, 0.5) is 5.69 Å². The molecule has 132 valence electrons. The molecule has 0 spiro atoms. The fourth-order valence-electron chi connectivity index (χ4n) is 3.31. The lowest BCUT2D eigenvalue weighted by Gasteiger charge is -2.10. The normalized spacial score (nSPS) is 10.5. The maximum Gasteiger partial charge on any atom is 0.0401 e. The van der Waals surface area contributed by atoms with Crippen molar-refractivity contribution in [2.45, 2.75) is 13.0 Å². The van der Waals surface area contributed by atoms with Crippen LogP contribution in [0.5, 0.6) is 0 Å². The number of rotatable bonds is 6. The topological polar surface area (TPSA) is 12.0 Å². The summed E-state index contributed by atoms with van der Waals surface area (Å²) < 4.78 is 0. The highest BCUT2D eigenvalue weighted by atomic mass is 14.9. The summed E-state index contributed by atoms with van der Waals surface area (Å²) in [6.07, 6.45) is 0.962. The summed E-state index contributed by atoms with van der Waals surface area (Å²) in [6, 6.07) is 38.6. The van der Waals surface area contributed by atoms with Gasteiger partial charge in [-0.25, -0.2) is 0 Å². The molecule has 1 heteroatoms. The molecule has 0 heterocycles. The zero-order chi connectivity index (χ0) is 18.3. The van der Waals surface area contributed by atoms with Crippen LogP contribution in [0.15, 0.2) is 109 Å². The van der Waals surface area contributed by atoms with Crippen LogP contribution in [0.3, 0.4) is 0 Å². The maximum absolute atomic E-state index is 3.48. The average molecular weight is 349 g/mol. The van der Waals surface area contributed by atoms with Crippen molar-refractivity contribution in [3.8, 4) is 11.1 Å². The molecule has 4 rings (SSSR count). The van der Waals surface area contributed by atoms with Gasteiger partial charge in [-0.15, -0.1) is 0 Å². The van der Waals surface area contributed by atoms with Gasteiger partial charge in [0.1, 0.15) is 0 Å². The minimum absolute atomic E-state index is 0.821. The Kier molecular flexibility index (Phi) is 5.31. The van der Waals surface area contributed by atoms with E-state index < -0.39 is 0 Å². The summed E-state index contributed by atoms with van der Waals surface area (Å²) in [5.41, 5.74) is 7.64. The zero-order valence-corrected chi connectivity index (χ0v) is 15.3. The van der Waals surface area contributed by atoms with Crippen molar-refractivity contribution in [3.63, 3.8) is 0 Å². The summed E-state index contributed by atoms with van der Waals surface area (Å²) in [6.45, 7) is 0.821. The monoisotopic (exact) mass is 349 g/mol. The Morgan fingerprint density at radius 3 is 1.74 bits per heavy atom. The third-order valence-electron chi connectivity index (χ3n) is 4.71. The predicted octanol–water partition coefficient (Wildman–Crippen LogP) is 6.56. The van der Waals surface area contributed by atoms with Crippen molar-refractivity contribution in [2.24, 2.45) is 0 Å². The lowest BCUT2D eigenvalue weighted by atomic mass is 9.98. The third-order valence-corrected chi connectivity index (χ3v) is 4.71. The van der Waals surface area contributed by atoms with Crippen LogP contribution in [0, 0.1) is 0 Å². The first kappa shape index (κ1) is 17.1. The molecular weight excluding hydrogens is 326 g/mol. The van der Waals surface area contributed by atoms with Crippen molar-refractivity contribution >= 4 is 5.69 Å². The first-order chi connectivity index (χ1) is 13.4. The summed E-state index contributed by atoms with van der Waals surface area (Å²) in [4.78, 5) is 0. The quantitative estimate of drug-likeness (QED) is 0.416. The molecule has 0 amide bonds. The summed E-state index contributed by atoms with van der Waals surface area (Å²) in [5, 5.41) is 3.48. The number of hydrogen-bond acceptors (Lipinski definition) is 1. The van der Waals surface area contributed by atoms with Crippen molar-refractivity contribution in [2.75, 3.05) is 5.32 Å². The smallest absolute Gasteiger partial charge is 0.0401 e. The van der Waals surface area contributed by atoms with E-state index in [0.717, 1.165) is 18.7 Å². The molecule has 0 fully saturated rings. The second-order valence-corrected chi connectivity index (χ2v) is 6.78. The first-order valence-corrected chi connectivity index (χ1v) is 9.38. The van der Waals surface area contributed by atoms with Gasteiger partial charge in [-0.3, -0.25) is 0 Å². The van der Waals surface area contributed by atoms with Gasteiger partial charge in [0, 0.05) is 12.2 Å². The van der Waals surface area contributed by atoms with Gasteiger partial charge >= 0.3 is 0 Å². The molecule has 0 radical (unpaired) electrons. The van der Waals surface area contributed by atoms with Gasteiger partial charge in [-0.1, -0.05) is 91.0 Å². The molecule has 0 aliphatic heterocycles. The fourth-order valence-corrected chi connectivity index (χ4v) is 3.31. The van der Waals surface area contributed by atoms with E-state index in [1.165, 1.54) is 27.8 Å². The van der Waals surface area contributed by atoms with Crippen LogP contribution in [0.2, 0.25) is 0 Å². The minimum atomic E-state index is 0.821. The molecule has 27 heavy (non-hydrogen) atoms. The average Bonchev–Trinajstić information content (AvgIpc) is 2.74. The van der Waals surface area contributed by atoms with Crippen molar-refractivity contribution in [1.29, 1.82) is 0 Å². The highest BCUT2D eigenvalue weighted by Crippen LogP contribution is 2.23. The second-order valence-electron chi connectivity index (χ2n) is 6.78. The van der Waals surface area contributed by atoms with E-state index in [2.05, 4.69) is 108 Å². The van der Waals surface area contributed by atoms with Crippen LogP contribution < -0.4 is 5.32 Å². The van der Waals surface area contributed by atoms with Gasteiger partial charge < -0.3 is 5.32 Å². The Labute approximate surface area is 161 Å². The van der Waals surface area contributed by atoms with Gasteiger partial charge in [0.25, 0.3) is 0 Å². The lowest BCUT2D eigenvalue weighted by molar-refractivity contribution is 1.15. The first-order valence-electron chi connectivity index (χ1n) is 9.38. The molecule has 1 N–H and O–H groups in total. The van der Waals surface area contributed by atoms with Crippen LogP contribution in [0.25, 0.3) is 11.1 Å². The SMILES string of the molecule is c1ccc(Cc2cccc(-c3cccc(CNc4ccccc4)c3)c2)cc1. The molecule has 1 nitrogen and oxygen atoms in total. The van der Waals surface area contributed by atoms with E-state index in [9.17, 15) is 0 Å². The number of benzene rings is 4. The van der Waals surface area contributed by atoms with Gasteiger partial charge in [0.05, 0.1) is 0 Å². The van der Waals surface area contributed by atoms with E-state index in [4.69, 9.17) is 0 Å². The summed E-state index contributed by atoms with van der Waals surface area (Å²) in [7, 11) is 0. The van der Waals surface area contributed by atoms with Crippen molar-refractivity contribution in [3.05, 3.63) is 126 Å². The number of anilines is 1. The van der Waals surface area contributed by atoms with Crippen LogP contribution >= 0.6 is 0 Å². The largest absolute Gasteiger partial charge is 0.381 e. The Hall–Kier alpha value is -3.32. The van der Waals surface area contributed by atoms with E-state index >= 15 is 0 Å². The highest BCUT2D eigenvalue weighted by molar-refractivity contribution is 5.65. The standard InChI is InChI=1S/C26H23N/c1-3-9-21(10-4-1)17-22-11-7-13-24(18-22)25-14-8-12-23(19-25)20-27-26-15-5-2-6-16-26/h1-16,18-19,27H,17,20H2. The lowest BCUT2D eigenvalue weighted by Crippen LogP contribution is -1.99. The van der Waals surface area contributed by atoms with E-state index in [0.29, 0.717) is 0 Å². The molecule has 0 saturated carbocycles. The van der Waals surface area contributed by atoms with Crippen LogP contribution in [-0.2, 0) is 13.0 Å². The molecule has 0 atom stereocenters. The molecule has 4 aromatic carbocycles. The van der Waals surface area contributed by atoms with Crippen LogP contribution in [0.1, 0.15) is 16.7 Å². The molecule has 0 bridgehead atoms. The molecule has 0 aliphatic rings. The second kappa shape index (κ2) is 8.37. The Morgan fingerprint density at radius 2 is 1.04 bits per heavy atom. The predicted molar refractivity (Wildman–Crippen MR) is 115 cm³/mol. The van der Waals surface area contributed by atoms with Gasteiger partial charge in [-0.05, 0) is 52.4 Å². The van der Waals surface area contributed by atoms with E-state index in [1.807, 2.05) is 6.07 Å². The number of para-hydroxylation sites is 1.